The molecule has 0 radical (unpaired) electrons. The highest BCUT2D eigenvalue weighted by atomic mass is 32.2. The van der Waals surface area contributed by atoms with Gasteiger partial charge in [0.15, 0.2) is 15.5 Å². The molecule has 2 unspecified atom stereocenters. The lowest BCUT2D eigenvalue weighted by atomic mass is 9.67. The van der Waals surface area contributed by atoms with E-state index in [0.717, 1.165) is 37.9 Å². The summed E-state index contributed by atoms with van der Waals surface area (Å²) in [6, 6.07) is 5.62. The molecular formula is C25H32N4O4S. The molecule has 6 rings (SSSR count). The van der Waals surface area contributed by atoms with Gasteiger partial charge in [0.25, 0.3) is 5.91 Å². The van der Waals surface area contributed by atoms with Crippen LogP contribution >= 0.6 is 0 Å². The number of carbonyl (C=O) groups excluding carboxylic acids is 1. The Hall–Kier alpha value is -2.26. The lowest BCUT2D eigenvalue weighted by Gasteiger charge is -2.72. The van der Waals surface area contributed by atoms with Gasteiger partial charge in [-0.25, -0.2) is 8.42 Å². The Kier molecular flexibility index (Phi) is 5.15. The van der Waals surface area contributed by atoms with Crippen molar-refractivity contribution in [3.8, 4) is 0 Å². The fourth-order valence-corrected chi connectivity index (χ4v) is 8.82. The molecular weight excluding hydrogens is 452 g/mol. The number of pyridine rings is 1. The highest BCUT2D eigenvalue weighted by Gasteiger charge is 2.71. The summed E-state index contributed by atoms with van der Waals surface area (Å²) in [5.74, 6) is 1.51. The first-order chi connectivity index (χ1) is 16.3. The Balaban J connectivity index is 1.13. The van der Waals surface area contributed by atoms with Crippen LogP contribution in [0.3, 0.4) is 0 Å². The van der Waals surface area contributed by atoms with Crippen LogP contribution in [0, 0.1) is 5.92 Å². The quantitative estimate of drug-likeness (QED) is 0.612. The highest BCUT2D eigenvalue weighted by Crippen LogP contribution is 2.60. The van der Waals surface area contributed by atoms with Crippen molar-refractivity contribution in [2.75, 3.05) is 0 Å². The van der Waals surface area contributed by atoms with Crippen LogP contribution in [0.25, 0.3) is 0 Å². The molecule has 1 amide bonds. The summed E-state index contributed by atoms with van der Waals surface area (Å²) in [7, 11) is -3.51. The van der Waals surface area contributed by atoms with E-state index >= 15 is 0 Å². The molecule has 9 heteroatoms. The van der Waals surface area contributed by atoms with Gasteiger partial charge in [0, 0.05) is 36.3 Å². The number of nitrogens with zero attached hydrogens (tertiary/aromatic N) is 3. The Morgan fingerprint density at radius 2 is 2.00 bits per heavy atom. The minimum atomic E-state index is -3.51. The number of hydrogen-bond acceptors (Lipinski definition) is 7. The van der Waals surface area contributed by atoms with E-state index in [1.54, 1.807) is 24.4 Å². The number of rotatable bonds is 8. The van der Waals surface area contributed by atoms with Crippen LogP contribution < -0.4 is 5.32 Å². The standard InChI is InChI=1S/C25H32N4O4S/c1-15(2)5-8-20-23(4-3-9-26-20)34(31,32)25-13-18-10-17(11-19(14-25)29(18)25)27-24(30)21-12-22(33-28-21)16-6-7-16/h3-4,9,12,15-19H,5-8,10-11,13-14H2,1-2H3,(H,27,30). The number of nitrogens with one attached hydrogen (secondary N) is 1. The van der Waals surface area contributed by atoms with Crippen molar-refractivity contribution >= 4 is 15.7 Å². The van der Waals surface area contributed by atoms with Gasteiger partial charge in [0.05, 0.1) is 10.6 Å². The largest absolute Gasteiger partial charge is 0.360 e. The number of sulfone groups is 1. The zero-order valence-electron chi connectivity index (χ0n) is 19.7. The van der Waals surface area contributed by atoms with Crippen LogP contribution in [0.5, 0.6) is 0 Å². The molecule has 4 fully saturated rings. The van der Waals surface area contributed by atoms with Crippen LogP contribution in [0.2, 0.25) is 0 Å². The van der Waals surface area contributed by atoms with Gasteiger partial charge in [0.2, 0.25) is 0 Å². The van der Waals surface area contributed by atoms with Crippen LogP contribution in [0.1, 0.15) is 86.7 Å². The van der Waals surface area contributed by atoms with Crippen molar-refractivity contribution in [3.63, 3.8) is 0 Å². The molecule has 2 atom stereocenters. The maximum absolute atomic E-state index is 13.8. The first-order valence-electron chi connectivity index (χ1n) is 12.5. The third kappa shape index (κ3) is 3.42. The number of amides is 1. The van der Waals surface area contributed by atoms with Gasteiger partial charge < -0.3 is 9.84 Å². The third-order valence-electron chi connectivity index (χ3n) is 8.15. The predicted molar refractivity (Wildman–Crippen MR) is 125 cm³/mol. The average Bonchev–Trinajstić information content (AvgIpc) is 3.50. The number of aryl methyl sites for hydroxylation is 1. The molecule has 1 saturated carbocycles. The van der Waals surface area contributed by atoms with Crippen molar-refractivity contribution in [2.45, 2.75) is 99.0 Å². The Morgan fingerprint density at radius 1 is 1.26 bits per heavy atom. The lowest BCUT2D eigenvalue weighted by Crippen LogP contribution is -2.84. The van der Waals surface area contributed by atoms with Crippen LogP contribution in [-0.2, 0) is 16.3 Å². The Labute approximate surface area is 200 Å². The molecule has 0 bridgehead atoms. The van der Waals surface area contributed by atoms with E-state index < -0.39 is 14.7 Å². The lowest BCUT2D eigenvalue weighted by molar-refractivity contribution is -0.176. The summed E-state index contributed by atoms with van der Waals surface area (Å²) in [6.45, 7) is 4.28. The normalized spacial score (nSPS) is 30.4. The van der Waals surface area contributed by atoms with Crippen LogP contribution in [0.4, 0.5) is 0 Å². The Bertz CT molecular complexity index is 1200. The topological polar surface area (TPSA) is 105 Å². The fourth-order valence-electron chi connectivity index (χ4n) is 6.29. The number of piperidine rings is 2. The van der Waals surface area contributed by atoms with Gasteiger partial charge in [0.1, 0.15) is 10.6 Å². The maximum atomic E-state index is 13.8. The van der Waals surface area contributed by atoms with Crippen LogP contribution in [-0.4, -0.2) is 52.4 Å². The fraction of sp³-hybridized carbons (Fsp3) is 0.640. The van der Waals surface area contributed by atoms with Crippen molar-refractivity contribution in [1.82, 2.24) is 20.4 Å². The molecule has 5 heterocycles. The number of hydrogen-bond donors (Lipinski definition) is 1. The predicted octanol–water partition coefficient (Wildman–Crippen LogP) is 3.44. The zero-order chi connectivity index (χ0) is 23.7. The molecule has 1 N–H and O–H groups in total. The van der Waals surface area contributed by atoms with E-state index in [2.05, 4.69) is 34.2 Å². The van der Waals surface area contributed by atoms with E-state index in [1.165, 1.54) is 0 Å². The van der Waals surface area contributed by atoms with Gasteiger partial charge in [-0.3, -0.25) is 14.7 Å². The van der Waals surface area contributed by atoms with Crippen molar-refractivity contribution in [1.29, 1.82) is 0 Å². The van der Waals surface area contributed by atoms with Gasteiger partial charge in [-0.2, -0.15) is 0 Å². The minimum Gasteiger partial charge on any atom is -0.360 e. The molecule has 2 aromatic rings. The summed E-state index contributed by atoms with van der Waals surface area (Å²) >= 11 is 0. The van der Waals surface area contributed by atoms with E-state index in [-0.39, 0.29) is 24.0 Å². The second kappa shape index (κ2) is 7.88. The highest BCUT2D eigenvalue weighted by molar-refractivity contribution is 7.93. The zero-order valence-corrected chi connectivity index (χ0v) is 20.6. The van der Waals surface area contributed by atoms with Crippen molar-refractivity contribution in [2.24, 2.45) is 5.92 Å². The average molecular weight is 485 g/mol. The SMILES string of the molecule is CC(C)CCc1ncccc1S(=O)(=O)C12CC3CC(NC(=O)c4cc(C5CC5)on4)CC(C1)N32. The molecule has 3 saturated heterocycles. The molecule has 1 aliphatic carbocycles. The monoisotopic (exact) mass is 484 g/mol. The first kappa shape index (κ1) is 22.2. The van der Waals surface area contributed by atoms with Crippen molar-refractivity contribution in [3.05, 3.63) is 41.5 Å². The summed E-state index contributed by atoms with van der Waals surface area (Å²) in [5.41, 5.74) is 1.03. The molecule has 0 aromatic carbocycles. The van der Waals surface area contributed by atoms with E-state index in [1.807, 2.05) is 0 Å². The second-order valence-electron chi connectivity index (χ2n) is 11.0. The molecule has 2 aromatic heterocycles. The molecule has 34 heavy (non-hydrogen) atoms. The minimum absolute atomic E-state index is 0.0285. The third-order valence-corrected chi connectivity index (χ3v) is 10.6. The summed E-state index contributed by atoms with van der Waals surface area (Å²) in [5, 5.41) is 7.07. The number of aromatic nitrogens is 2. The smallest absolute Gasteiger partial charge is 0.273 e. The van der Waals surface area contributed by atoms with E-state index in [4.69, 9.17) is 4.52 Å². The van der Waals surface area contributed by atoms with Gasteiger partial charge >= 0.3 is 0 Å². The maximum Gasteiger partial charge on any atom is 0.273 e. The van der Waals surface area contributed by atoms with E-state index in [0.29, 0.717) is 47.4 Å². The molecule has 182 valence electrons. The van der Waals surface area contributed by atoms with Gasteiger partial charge in [-0.1, -0.05) is 19.0 Å². The summed E-state index contributed by atoms with van der Waals surface area (Å²) < 4.78 is 33.0. The second-order valence-corrected chi connectivity index (χ2v) is 13.2. The Morgan fingerprint density at radius 3 is 2.68 bits per heavy atom. The molecule has 0 spiro atoms. The first-order valence-corrected chi connectivity index (χ1v) is 14.0. The van der Waals surface area contributed by atoms with Crippen LogP contribution in [0.15, 0.2) is 33.8 Å². The van der Waals surface area contributed by atoms with Gasteiger partial charge in [-0.15, -0.1) is 0 Å². The number of carbonyl (C=O) groups is 1. The van der Waals surface area contributed by atoms with Gasteiger partial charge in [-0.05, 0) is 69.4 Å². The summed E-state index contributed by atoms with van der Waals surface area (Å²) in [4.78, 5) is 19.0. The molecule has 8 nitrogen and oxygen atoms in total. The van der Waals surface area contributed by atoms with E-state index in [9.17, 15) is 13.2 Å². The summed E-state index contributed by atoms with van der Waals surface area (Å²) in [6.07, 6.45) is 8.24. The van der Waals surface area contributed by atoms with Crippen molar-refractivity contribution < 1.29 is 17.7 Å². The molecule has 4 aliphatic rings. The molecule has 3 aliphatic heterocycles.